The molecule has 13 heteroatoms. The van der Waals surface area contributed by atoms with Crippen LogP contribution in [0.4, 0.5) is 4.39 Å². The van der Waals surface area contributed by atoms with Crippen LogP contribution in [0.2, 0.25) is 0 Å². The molecule has 0 spiro atoms. The number of aromatic nitrogens is 3. The molecule has 1 aliphatic rings. The number of hydrogen-bond donors (Lipinski definition) is 3. The molecule has 2 heterocycles. The summed E-state index contributed by atoms with van der Waals surface area (Å²) in [4.78, 5) is 48.6. The largest absolute Gasteiger partial charge is 0.491 e. The van der Waals surface area contributed by atoms with E-state index in [-0.39, 0.29) is 36.3 Å². The molecular formula is C34H39FN6O6. The van der Waals surface area contributed by atoms with E-state index in [0.717, 1.165) is 30.7 Å². The smallest absolute Gasteiger partial charge is 0.308 e. The number of pyridine rings is 1. The highest BCUT2D eigenvalue weighted by molar-refractivity contribution is 6.10. The Morgan fingerprint density at radius 2 is 1.89 bits per heavy atom. The van der Waals surface area contributed by atoms with E-state index in [0.29, 0.717) is 29.6 Å². The molecule has 2 unspecified atom stereocenters. The minimum absolute atomic E-state index is 0.0450. The van der Waals surface area contributed by atoms with Gasteiger partial charge in [-0.05, 0) is 63.8 Å². The fraction of sp³-hybridized carbons (Fsp3) is 0.412. The van der Waals surface area contributed by atoms with Crippen molar-refractivity contribution in [3.63, 3.8) is 0 Å². The van der Waals surface area contributed by atoms with Crippen molar-refractivity contribution in [2.24, 2.45) is 5.73 Å². The van der Waals surface area contributed by atoms with Gasteiger partial charge in [-0.25, -0.2) is 4.39 Å². The number of carbonyl (C=O) groups is 3. The maximum atomic E-state index is 14.4. The summed E-state index contributed by atoms with van der Waals surface area (Å²) in [6.45, 7) is 5.25. The van der Waals surface area contributed by atoms with Gasteiger partial charge in [0, 0.05) is 30.3 Å². The van der Waals surface area contributed by atoms with Gasteiger partial charge in [0.25, 0.3) is 5.91 Å². The van der Waals surface area contributed by atoms with E-state index in [9.17, 15) is 18.8 Å². The van der Waals surface area contributed by atoms with Crippen LogP contribution >= 0.6 is 0 Å². The van der Waals surface area contributed by atoms with E-state index in [4.69, 9.17) is 19.7 Å². The molecule has 4 N–H and O–H groups in total. The summed E-state index contributed by atoms with van der Waals surface area (Å²) in [5.41, 5.74) is 6.80. The molecule has 0 bridgehead atoms. The van der Waals surface area contributed by atoms with Gasteiger partial charge in [-0.2, -0.15) is 4.98 Å². The van der Waals surface area contributed by atoms with Gasteiger partial charge in [0.1, 0.15) is 29.8 Å². The first-order valence-corrected chi connectivity index (χ1v) is 15.6. The molecule has 47 heavy (non-hydrogen) atoms. The Labute approximate surface area is 271 Å². The van der Waals surface area contributed by atoms with Gasteiger partial charge in [-0.15, -0.1) is 0 Å². The summed E-state index contributed by atoms with van der Waals surface area (Å²) in [5.74, 6) is -1.31. The first-order valence-electron chi connectivity index (χ1n) is 15.6. The molecule has 0 radical (unpaired) electrons. The standard InChI is InChI=1S/C34H39FN6O6/c1-34(2,3)46-29(42)17-26(32(43)37-14-13-28-40-31(41-47-28)21-9-10-21)39-33(44)30-24-16-22(35)18-38-25(24)11-12-27(30)45-19-23(36)15-20-7-5-4-6-8-20/h4-8,11-12,16,18,21,23,26H,9-10,13-15,17,19,36H2,1-3H3,(H,37,43)(H,39,44). The molecule has 1 saturated carbocycles. The van der Waals surface area contributed by atoms with Crippen LogP contribution in [0.1, 0.15) is 73.6 Å². The fourth-order valence-corrected chi connectivity index (χ4v) is 4.96. The summed E-state index contributed by atoms with van der Waals surface area (Å²) in [6.07, 6.45) is 3.40. The highest BCUT2D eigenvalue weighted by Crippen LogP contribution is 2.38. The first kappa shape index (κ1) is 33.5. The summed E-state index contributed by atoms with van der Waals surface area (Å²) < 4.78 is 31.1. The number of halogens is 1. The number of benzene rings is 2. The van der Waals surface area contributed by atoms with E-state index >= 15 is 0 Å². The number of nitrogens with zero attached hydrogens (tertiary/aromatic N) is 3. The van der Waals surface area contributed by atoms with Crippen LogP contribution in [-0.2, 0) is 27.2 Å². The van der Waals surface area contributed by atoms with Crippen LogP contribution in [-0.4, -0.2) is 63.7 Å². The molecule has 1 aliphatic carbocycles. The molecule has 5 rings (SSSR count). The zero-order valence-corrected chi connectivity index (χ0v) is 26.6. The Hall–Kier alpha value is -4.91. The molecule has 4 aromatic rings. The van der Waals surface area contributed by atoms with E-state index in [2.05, 4.69) is 25.8 Å². The van der Waals surface area contributed by atoms with E-state index in [1.165, 1.54) is 0 Å². The summed E-state index contributed by atoms with van der Waals surface area (Å²) in [5, 5.41) is 9.50. The number of esters is 1. The van der Waals surface area contributed by atoms with Gasteiger partial charge in [0.15, 0.2) is 5.82 Å². The number of rotatable bonds is 14. The number of hydrogen-bond acceptors (Lipinski definition) is 10. The number of fused-ring (bicyclic) bond motifs is 1. The Kier molecular flexibility index (Phi) is 10.4. The van der Waals surface area contributed by atoms with E-state index in [1.807, 2.05) is 30.3 Å². The summed E-state index contributed by atoms with van der Waals surface area (Å²) in [6, 6.07) is 12.2. The minimum atomic E-state index is -1.34. The van der Waals surface area contributed by atoms with Gasteiger partial charge < -0.3 is 30.4 Å². The second-order valence-corrected chi connectivity index (χ2v) is 12.6. The molecule has 2 aromatic carbocycles. The van der Waals surface area contributed by atoms with Crippen molar-refractivity contribution < 1.29 is 32.8 Å². The van der Waals surface area contributed by atoms with Crippen molar-refractivity contribution in [2.45, 2.75) is 76.5 Å². The monoisotopic (exact) mass is 646 g/mol. The lowest BCUT2D eigenvalue weighted by Gasteiger charge is -2.23. The average molecular weight is 647 g/mol. The van der Waals surface area contributed by atoms with Crippen LogP contribution in [0.25, 0.3) is 10.9 Å². The van der Waals surface area contributed by atoms with Gasteiger partial charge >= 0.3 is 5.97 Å². The molecule has 2 atom stereocenters. The molecule has 0 saturated heterocycles. The van der Waals surface area contributed by atoms with Crippen LogP contribution in [0.3, 0.4) is 0 Å². The van der Waals surface area contributed by atoms with Crippen molar-refractivity contribution in [3.8, 4) is 5.75 Å². The topological polar surface area (TPSA) is 172 Å². The number of ether oxygens (including phenoxy) is 2. The number of amides is 2. The Morgan fingerprint density at radius 1 is 1.13 bits per heavy atom. The van der Waals surface area contributed by atoms with Gasteiger partial charge in [0.2, 0.25) is 11.8 Å². The zero-order chi connectivity index (χ0) is 33.6. The maximum absolute atomic E-state index is 14.4. The van der Waals surface area contributed by atoms with Crippen molar-refractivity contribution in [2.75, 3.05) is 13.2 Å². The normalized spacial score (nSPS) is 14.3. The molecule has 12 nitrogen and oxygen atoms in total. The number of carbonyl (C=O) groups excluding carboxylic acids is 3. The predicted octanol–water partition coefficient (Wildman–Crippen LogP) is 3.77. The van der Waals surface area contributed by atoms with E-state index in [1.54, 1.807) is 32.9 Å². The minimum Gasteiger partial charge on any atom is -0.491 e. The zero-order valence-electron chi connectivity index (χ0n) is 26.6. The molecule has 0 aliphatic heterocycles. The average Bonchev–Trinajstić information content (AvgIpc) is 3.76. The number of nitrogens with one attached hydrogen (secondary N) is 2. The second kappa shape index (κ2) is 14.7. The lowest BCUT2D eigenvalue weighted by atomic mass is 10.0. The highest BCUT2D eigenvalue weighted by Gasteiger charge is 2.31. The molecule has 248 valence electrons. The Morgan fingerprint density at radius 3 is 2.62 bits per heavy atom. The lowest BCUT2D eigenvalue weighted by molar-refractivity contribution is -0.156. The maximum Gasteiger partial charge on any atom is 0.308 e. The summed E-state index contributed by atoms with van der Waals surface area (Å²) >= 11 is 0. The Bertz CT molecular complexity index is 1720. The third kappa shape index (κ3) is 9.55. The van der Waals surface area contributed by atoms with Crippen molar-refractivity contribution in [1.82, 2.24) is 25.8 Å². The van der Waals surface area contributed by atoms with E-state index < -0.39 is 47.7 Å². The van der Waals surface area contributed by atoms with Gasteiger partial charge in [-0.3, -0.25) is 19.4 Å². The van der Waals surface area contributed by atoms with Gasteiger partial charge in [0.05, 0.1) is 23.7 Å². The molecule has 2 aromatic heterocycles. The first-order chi connectivity index (χ1) is 22.4. The third-order valence-electron chi connectivity index (χ3n) is 7.29. The van der Waals surface area contributed by atoms with Gasteiger partial charge in [-0.1, -0.05) is 35.5 Å². The van der Waals surface area contributed by atoms with Crippen LogP contribution in [0.15, 0.2) is 59.3 Å². The molecular weight excluding hydrogens is 607 g/mol. The predicted molar refractivity (Wildman–Crippen MR) is 170 cm³/mol. The molecule has 1 fully saturated rings. The summed E-state index contributed by atoms with van der Waals surface area (Å²) in [7, 11) is 0. The second-order valence-electron chi connectivity index (χ2n) is 12.6. The highest BCUT2D eigenvalue weighted by atomic mass is 19.1. The molecule has 2 amide bonds. The van der Waals surface area contributed by atoms with Crippen molar-refractivity contribution in [1.29, 1.82) is 0 Å². The lowest BCUT2D eigenvalue weighted by Crippen LogP contribution is -2.49. The third-order valence-corrected chi connectivity index (χ3v) is 7.29. The van der Waals surface area contributed by atoms with Crippen molar-refractivity contribution in [3.05, 3.63) is 83.4 Å². The SMILES string of the molecule is CC(C)(C)OC(=O)CC(NC(=O)c1c(OCC(N)Cc2ccccc2)ccc2ncc(F)cc12)C(=O)NCCc1nc(C2CC2)no1. The fourth-order valence-electron chi connectivity index (χ4n) is 4.96. The van der Waals surface area contributed by atoms with Crippen LogP contribution < -0.4 is 21.1 Å². The quantitative estimate of drug-likeness (QED) is 0.171. The van der Waals surface area contributed by atoms with Crippen LogP contribution in [0, 0.1) is 5.82 Å². The van der Waals surface area contributed by atoms with Crippen molar-refractivity contribution >= 4 is 28.7 Å². The Balaban J connectivity index is 1.34. The number of nitrogens with two attached hydrogens (primary N) is 1. The van der Waals surface area contributed by atoms with Crippen LogP contribution in [0.5, 0.6) is 5.75 Å².